The molecular formula is C18H25N3S. The van der Waals surface area contributed by atoms with Gasteiger partial charge in [-0.25, -0.2) is 0 Å². The molecule has 0 fully saturated rings. The lowest BCUT2D eigenvalue weighted by molar-refractivity contribution is 0.595. The summed E-state index contributed by atoms with van der Waals surface area (Å²) in [4.78, 5) is 0. The zero-order chi connectivity index (χ0) is 15.5. The molecule has 0 radical (unpaired) electrons. The molecule has 0 aliphatic heterocycles. The van der Waals surface area contributed by atoms with Crippen LogP contribution in [0.25, 0.3) is 0 Å². The molecule has 2 aromatic rings. The maximum atomic E-state index is 4.27. The first-order valence-electron chi connectivity index (χ1n) is 8.14. The zero-order valence-electron chi connectivity index (χ0n) is 13.1. The quantitative estimate of drug-likeness (QED) is 0.424. The van der Waals surface area contributed by atoms with Crippen LogP contribution in [-0.4, -0.2) is 10.2 Å². The molecule has 3 nitrogen and oxygen atoms in total. The number of hydrogen-bond donors (Lipinski definition) is 1. The molecule has 1 aromatic heterocycles. The van der Waals surface area contributed by atoms with E-state index >= 15 is 0 Å². The summed E-state index contributed by atoms with van der Waals surface area (Å²) < 4.78 is 0. The molecule has 1 aromatic carbocycles. The SMILES string of the molecule is C=CCCCCCCCCc1nnc(Nc2ccccc2)s1. The largest absolute Gasteiger partial charge is 0.330 e. The van der Waals surface area contributed by atoms with Crippen molar-refractivity contribution in [2.24, 2.45) is 0 Å². The molecule has 0 unspecified atom stereocenters. The number of hydrogen-bond acceptors (Lipinski definition) is 4. The van der Waals surface area contributed by atoms with E-state index in [-0.39, 0.29) is 0 Å². The lowest BCUT2D eigenvalue weighted by Gasteiger charge is -2.00. The minimum atomic E-state index is 0.880. The molecule has 0 bridgehead atoms. The Morgan fingerprint density at radius 1 is 0.955 bits per heavy atom. The number of para-hydroxylation sites is 1. The van der Waals surface area contributed by atoms with Crippen LogP contribution in [0.4, 0.5) is 10.8 Å². The Labute approximate surface area is 137 Å². The molecule has 118 valence electrons. The number of unbranched alkanes of at least 4 members (excludes halogenated alkanes) is 6. The molecule has 1 heterocycles. The average molecular weight is 315 g/mol. The Kier molecular flexibility index (Phi) is 7.67. The van der Waals surface area contributed by atoms with Gasteiger partial charge in [0.05, 0.1) is 0 Å². The van der Waals surface area contributed by atoms with E-state index in [1.54, 1.807) is 11.3 Å². The first-order valence-corrected chi connectivity index (χ1v) is 8.95. The Bertz CT molecular complexity index is 536. The highest BCUT2D eigenvalue weighted by Gasteiger charge is 2.04. The summed E-state index contributed by atoms with van der Waals surface area (Å²) in [6, 6.07) is 10.1. The van der Waals surface area contributed by atoms with Gasteiger partial charge in [-0.3, -0.25) is 0 Å². The Morgan fingerprint density at radius 3 is 2.45 bits per heavy atom. The van der Waals surface area contributed by atoms with Crippen LogP contribution in [0.15, 0.2) is 43.0 Å². The van der Waals surface area contributed by atoms with Crippen molar-refractivity contribution in [3.05, 3.63) is 48.0 Å². The summed E-state index contributed by atoms with van der Waals surface area (Å²) in [5, 5.41) is 13.8. The second kappa shape index (κ2) is 10.1. The van der Waals surface area contributed by atoms with Gasteiger partial charge in [0.15, 0.2) is 0 Å². The third-order valence-electron chi connectivity index (χ3n) is 3.54. The molecule has 2 rings (SSSR count). The van der Waals surface area contributed by atoms with E-state index < -0.39 is 0 Å². The van der Waals surface area contributed by atoms with Gasteiger partial charge in [0.2, 0.25) is 5.13 Å². The third-order valence-corrected chi connectivity index (χ3v) is 4.44. The summed E-state index contributed by atoms with van der Waals surface area (Å²) in [5.41, 5.74) is 1.06. The molecule has 0 aliphatic rings. The molecule has 0 saturated carbocycles. The minimum Gasteiger partial charge on any atom is -0.330 e. The zero-order valence-corrected chi connectivity index (χ0v) is 13.9. The number of nitrogens with one attached hydrogen (secondary N) is 1. The number of anilines is 2. The first kappa shape index (κ1) is 16.7. The van der Waals surface area contributed by atoms with E-state index in [4.69, 9.17) is 0 Å². The predicted octanol–water partition coefficient (Wildman–Crippen LogP) is 5.74. The number of rotatable bonds is 11. The van der Waals surface area contributed by atoms with Gasteiger partial charge in [0.25, 0.3) is 0 Å². The lowest BCUT2D eigenvalue weighted by atomic mass is 10.1. The van der Waals surface area contributed by atoms with Crippen molar-refractivity contribution >= 4 is 22.2 Å². The highest BCUT2D eigenvalue weighted by atomic mass is 32.1. The van der Waals surface area contributed by atoms with Gasteiger partial charge in [-0.2, -0.15) is 0 Å². The van der Waals surface area contributed by atoms with Gasteiger partial charge in [-0.15, -0.1) is 16.8 Å². The highest BCUT2D eigenvalue weighted by Crippen LogP contribution is 2.21. The van der Waals surface area contributed by atoms with Crippen LogP contribution < -0.4 is 5.32 Å². The molecule has 0 atom stereocenters. The minimum absolute atomic E-state index is 0.880. The van der Waals surface area contributed by atoms with Crippen LogP contribution in [0.5, 0.6) is 0 Å². The second-order valence-electron chi connectivity index (χ2n) is 5.44. The number of allylic oxidation sites excluding steroid dienone is 1. The van der Waals surface area contributed by atoms with Crippen LogP contribution in [0.1, 0.15) is 50.0 Å². The Morgan fingerprint density at radius 2 is 1.68 bits per heavy atom. The van der Waals surface area contributed by atoms with Gasteiger partial charge in [-0.1, -0.05) is 61.3 Å². The van der Waals surface area contributed by atoms with Gasteiger partial charge < -0.3 is 5.32 Å². The summed E-state index contributed by atoms with van der Waals surface area (Å²) >= 11 is 1.66. The van der Waals surface area contributed by atoms with Gasteiger partial charge in [-0.05, 0) is 31.4 Å². The molecule has 0 aliphatic carbocycles. The van der Waals surface area contributed by atoms with Crippen molar-refractivity contribution in [3.63, 3.8) is 0 Å². The van der Waals surface area contributed by atoms with E-state index in [0.29, 0.717) is 0 Å². The fourth-order valence-electron chi connectivity index (χ4n) is 2.32. The van der Waals surface area contributed by atoms with Gasteiger partial charge in [0, 0.05) is 12.1 Å². The summed E-state index contributed by atoms with van der Waals surface area (Å²) in [6.07, 6.45) is 12.0. The number of nitrogens with zero attached hydrogens (tertiary/aromatic N) is 2. The maximum Gasteiger partial charge on any atom is 0.210 e. The summed E-state index contributed by atoms with van der Waals surface area (Å²) in [6.45, 7) is 3.75. The fraction of sp³-hybridized carbons (Fsp3) is 0.444. The third kappa shape index (κ3) is 6.39. The molecular weight excluding hydrogens is 290 g/mol. The van der Waals surface area contributed by atoms with Crippen LogP contribution in [0, 0.1) is 0 Å². The van der Waals surface area contributed by atoms with Gasteiger partial charge in [0.1, 0.15) is 5.01 Å². The monoisotopic (exact) mass is 315 g/mol. The molecule has 1 N–H and O–H groups in total. The smallest absolute Gasteiger partial charge is 0.210 e. The fourth-order valence-corrected chi connectivity index (χ4v) is 3.12. The van der Waals surface area contributed by atoms with Crippen LogP contribution in [0.3, 0.4) is 0 Å². The van der Waals surface area contributed by atoms with Crippen molar-refractivity contribution in [1.82, 2.24) is 10.2 Å². The predicted molar refractivity (Wildman–Crippen MR) is 95.9 cm³/mol. The van der Waals surface area contributed by atoms with E-state index in [9.17, 15) is 0 Å². The molecule has 0 amide bonds. The van der Waals surface area contributed by atoms with Crippen molar-refractivity contribution in [2.75, 3.05) is 5.32 Å². The number of aryl methyl sites for hydroxylation is 1. The molecule has 0 spiro atoms. The van der Waals surface area contributed by atoms with Crippen molar-refractivity contribution in [1.29, 1.82) is 0 Å². The van der Waals surface area contributed by atoms with E-state index in [1.165, 1.54) is 38.5 Å². The maximum absolute atomic E-state index is 4.27. The number of aromatic nitrogens is 2. The molecule has 4 heteroatoms. The normalized spacial score (nSPS) is 10.5. The highest BCUT2D eigenvalue weighted by molar-refractivity contribution is 7.15. The van der Waals surface area contributed by atoms with Crippen molar-refractivity contribution in [3.8, 4) is 0 Å². The van der Waals surface area contributed by atoms with Crippen LogP contribution in [0.2, 0.25) is 0 Å². The Balaban J connectivity index is 1.60. The lowest BCUT2D eigenvalue weighted by Crippen LogP contribution is -1.88. The second-order valence-corrected chi connectivity index (χ2v) is 6.50. The van der Waals surface area contributed by atoms with Crippen molar-refractivity contribution < 1.29 is 0 Å². The standard InChI is InChI=1S/C18H25N3S/c1-2-3-4-5-6-7-8-12-15-17-20-21-18(22-17)19-16-13-10-9-11-14-16/h2,9-11,13-14H,1,3-8,12,15H2,(H,19,21). The van der Waals surface area contributed by atoms with E-state index in [0.717, 1.165) is 28.7 Å². The van der Waals surface area contributed by atoms with E-state index in [2.05, 4.69) is 22.1 Å². The topological polar surface area (TPSA) is 37.8 Å². The Hall–Kier alpha value is -1.68. The van der Waals surface area contributed by atoms with Crippen molar-refractivity contribution in [2.45, 2.75) is 51.4 Å². The number of benzene rings is 1. The van der Waals surface area contributed by atoms with Crippen LogP contribution >= 0.6 is 11.3 Å². The van der Waals surface area contributed by atoms with Gasteiger partial charge >= 0.3 is 0 Å². The molecule has 22 heavy (non-hydrogen) atoms. The molecule has 0 saturated heterocycles. The summed E-state index contributed by atoms with van der Waals surface area (Å²) in [7, 11) is 0. The first-order chi connectivity index (χ1) is 10.9. The van der Waals surface area contributed by atoms with E-state index in [1.807, 2.05) is 36.4 Å². The summed E-state index contributed by atoms with van der Waals surface area (Å²) in [5.74, 6) is 0. The van der Waals surface area contributed by atoms with Crippen LogP contribution in [-0.2, 0) is 6.42 Å². The average Bonchev–Trinajstić information content (AvgIpc) is 2.98.